The van der Waals surface area contributed by atoms with Crippen LogP contribution in [0.5, 0.6) is 11.5 Å². The lowest BCUT2D eigenvalue weighted by molar-refractivity contribution is -0.125. The Bertz CT molecular complexity index is 661. The Morgan fingerprint density at radius 1 is 1.32 bits per heavy atom. The molecule has 1 aromatic heterocycles. The van der Waals surface area contributed by atoms with Gasteiger partial charge in [-0.05, 0) is 16.5 Å². The quantitative estimate of drug-likeness (QED) is 0.735. The Morgan fingerprint density at radius 3 is 2.50 bits per heavy atom. The third-order valence-electron chi connectivity index (χ3n) is 3.04. The van der Waals surface area contributed by atoms with Gasteiger partial charge in [-0.1, -0.05) is 6.58 Å². The van der Waals surface area contributed by atoms with E-state index in [4.69, 9.17) is 9.47 Å². The maximum Gasteiger partial charge on any atom is 0.246 e. The fourth-order valence-corrected chi connectivity index (χ4v) is 1.87. The molecule has 0 aliphatic rings. The van der Waals surface area contributed by atoms with Crippen molar-refractivity contribution < 1.29 is 14.3 Å². The molecule has 0 unspecified atom stereocenters. The van der Waals surface area contributed by atoms with E-state index in [-0.39, 0.29) is 12.5 Å². The van der Waals surface area contributed by atoms with Crippen molar-refractivity contribution in [2.45, 2.75) is 6.54 Å². The average Bonchev–Trinajstić information content (AvgIpc) is 3.01. The number of rotatable bonds is 6. The minimum Gasteiger partial charge on any atom is -0.497 e. The van der Waals surface area contributed by atoms with Crippen LogP contribution in [0.3, 0.4) is 0 Å². The van der Waals surface area contributed by atoms with Crippen molar-refractivity contribution in [3.63, 3.8) is 0 Å². The minimum absolute atomic E-state index is 0.210. The summed E-state index contributed by atoms with van der Waals surface area (Å²) in [5.41, 5.74) is 0.677. The highest BCUT2D eigenvalue weighted by Gasteiger charge is 2.14. The van der Waals surface area contributed by atoms with Crippen molar-refractivity contribution in [3.05, 3.63) is 36.7 Å². The number of likely N-dealkylation sites (N-methyl/N-ethyl adjacent to an activating group) is 1. The molecule has 8 heteroatoms. The monoisotopic (exact) mass is 303 g/mol. The number of carbonyl (C=O) groups is 1. The molecular weight excluding hydrogens is 286 g/mol. The molecule has 0 saturated carbocycles. The van der Waals surface area contributed by atoms with Crippen LogP contribution < -0.4 is 9.47 Å². The Morgan fingerprint density at radius 2 is 1.95 bits per heavy atom. The zero-order chi connectivity index (χ0) is 16.1. The Labute approximate surface area is 127 Å². The first-order valence-corrected chi connectivity index (χ1v) is 6.47. The van der Waals surface area contributed by atoms with E-state index in [1.54, 1.807) is 39.5 Å². The summed E-state index contributed by atoms with van der Waals surface area (Å²) in [6.45, 7) is 3.70. The largest absolute Gasteiger partial charge is 0.497 e. The third kappa shape index (κ3) is 3.22. The van der Waals surface area contributed by atoms with Crippen LogP contribution in [0.25, 0.3) is 5.69 Å². The molecule has 1 aromatic carbocycles. The summed E-state index contributed by atoms with van der Waals surface area (Å²) in [6.07, 6.45) is 1.24. The van der Waals surface area contributed by atoms with Crippen LogP contribution >= 0.6 is 0 Å². The van der Waals surface area contributed by atoms with Gasteiger partial charge in [0.05, 0.1) is 26.5 Å². The number of tetrazole rings is 1. The molecule has 2 rings (SSSR count). The molecule has 0 radical (unpaired) electrons. The molecule has 0 aliphatic heterocycles. The number of ether oxygens (including phenoxy) is 2. The van der Waals surface area contributed by atoms with E-state index < -0.39 is 0 Å². The molecule has 1 amide bonds. The van der Waals surface area contributed by atoms with Crippen molar-refractivity contribution in [1.82, 2.24) is 25.1 Å². The predicted molar refractivity (Wildman–Crippen MR) is 78.9 cm³/mol. The lowest BCUT2D eigenvalue weighted by Gasteiger charge is -2.15. The van der Waals surface area contributed by atoms with Crippen molar-refractivity contribution in [2.24, 2.45) is 0 Å². The van der Waals surface area contributed by atoms with Gasteiger partial charge in [0.2, 0.25) is 5.91 Å². The van der Waals surface area contributed by atoms with Crippen LogP contribution in [-0.2, 0) is 11.3 Å². The van der Waals surface area contributed by atoms with Gasteiger partial charge in [0, 0.05) is 25.2 Å². The van der Waals surface area contributed by atoms with Crippen molar-refractivity contribution in [2.75, 3.05) is 21.3 Å². The second-order valence-corrected chi connectivity index (χ2v) is 4.48. The molecule has 0 atom stereocenters. The second-order valence-electron chi connectivity index (χ2n) is 4.48. The molecule has 0 fully saturated rings. The lowest BCUT2D eigenvalue weighted by Crippen LogP contribution is -2.25. The van der Waals surface area contributed by atoms with Crippen LogP contribution in [0, 0.1) is 0 Å². The molecule has 116 valence electrons. The second kappa shape index (κ2) is 6.70. The Balaban J connectivity index is 2.36. The summed E-state index contributed by atoms with van der Waals surface area (Å²) in [4.78, 5) is 13.0. The van der Waals surface area contributed by atoms with E-state index in [1.165, 1.54) is 15.7 Å². The highest BCUT2D eigenvalue weighted by atomic mass is 16.5. The van der Waals surface area contributed by atoms with Gasteiger partial charge in [0.25, 0.3) is 0 Å². The number of nitrogens with zero attached hydrogens (tertiary/aromatic N) is 5. The summed E-state index contributed by atoms with van der Waals surface area (Å²) in [7, 11) is 4.78. The van der Waals surface area contributed by atoms with Crippen molar-refractivity contribution in [1.29, 1.82) is 0 Å². The number of amides is 1. The number of carbonyl (C=O) groups excluding carboxylic acids is 1. The normalized spacial score (nSPS) is 10.1. The van der Waals surface area contributed by atoms with Gasteiger partial charge >= 0.3 is 0 Å². The average molecular weight is 303 g/mol. The maximum atomic E-state index is 11.6. The number of aromatic nitrogens is 4. The predicted octanol–water partition coefficient (Wildman–Crippen LogP) is 0.824. The van der Waals surface area contributed by atoms with Gasteiger partial charge < -0.3 is 14.4 Å². The Hall–Kier alpha value is -2.90. The van der Waals surface area contributed by atoms with E-state index in [9.17, 15) is 4.79 Å². The Kier molecular flexibility index (Phi) is 4.72. The van der Waals surface area contributed by atoms with Crippen LogP contribution in [-0.4, -0.2) is 52.3 Å². The van der Waals surface area contributed by atoms with E-state index in [0.717, 1.165) is 0 Å². The number of methoxy groups -OCH3 is 2. The van der Waals surface area contributed by atoms with Gasteiger partial charge in [-0.2, -0.15) is 4.68 Å². The number of hydrogen-bond acceptors (Lipinski definition) is 6. The summed E-state index contributed by atoms with van der Waals surface area (Å²) >= 11 is 0. The van der Waals surface area contributed by atoms with Crippen LogP contribution in [0.15, 0.2) is 30.9 Å². The summed E-state index contributed by atoms with van der Waals surface area (Å²) in [5.74, 6) is 1.53. The molecule has 0 saturated heterocycles. The molecule has 1 heterocycles. The standard InChI is InChI=1S/C14H17N5O3/c1-5-14(20)18(2)9-13-15-16-17-19(13)10-6-11(21-3)8-12(7-10)22-4/h5-8H,1,9H2,2-4H3. The van der Waals surface area contributed by atoms with E-state index in [0.29, 0.717) is 23.0 Å². The fourth-order valence-electron chi connectivity index (χ4n) is 1.87. The summed E-state index contributed by atoms with van der Waals surface area (Å²) in [5, 5.41) is 11.6. The number of hydrogen-bond donors (Lipinski definition) is 0. The number of benzene rings is 1. The summed E-state index contributed by atoms with van der Waals surface area (Å²) in [6, 6.07) is 5.30. The smallest absolute Gasteiger partial charge is 0.246 e. The maximum absolute atomic E-state index is 11.6. The summed E-state index contributed by atoms with van der Waals surface area (Å²) < 4.78 is 12.0. The van der Waals surface area contributed by atoms with Crippen molar-refractivity contribution in [3.8, 4) is 17.2 Å². The zero-order valence-electron chi connectivity index (χ0n) is 12.7. The van der Waals surface area contributed by atoms with Gasteiger partial charge in [-0.15, -0.1) is 5.10 Å². The van der Waals surface area contributed by atoms with Crippen LogP contribution in [0.1, 0.15) is 5.82 Å². The van der Waals surface area contributed by atoms with Crippen LogP contribution in [0.4, 0.5) is 0 Å². The van der Waals surface area contributed by atoms with E-state index in [1.807, 2.05) is 0 Å². The third-order valence-corrected chi connectivity index (χ3v) is 3.04. The zero-order valence-corrected chi connectivity index (χ0v) is 12.7. The van der Waals surface area contributed by atoms with Crippen LogP contribution in [0.2, 0.25) is 0 Å². The topological polar surface area (TPSA) is 82.4 Å². The van der Waals surface area contributed by atoms with Gasteiger partial charge in [-0.3, -0.25) is 4.79 Å². The first-order valence-electron chi connectivity index (χ1n) is 6.47. The SMILES string of the molecule is C=CC(=O)N(C)Cc1nnnn1-c1cc(OC)cc(OC)c1. The first kappa shape index (κ1) is 15.5. The first-order chi connectivity index (χ1) is 10.6. The molecule has 22 heavy (non-hydrogen) atoms. The highest BCUT2D eigenvalue weighted by molar-refractivity contribution is 5.86. The van der Waals surface area contributed by atoms with E-state index >= 15 is 0 Å². The molecule has 8 nitrogen and oxygen atoms in total. The van der Waals surface area contributed by atoms with Gasteiger partial charge in [-0.25, -0.2) is 0 Å². The molecule has 0 N–H and O–H groups in total. The molecule has 0 bridgehead atoms. The molecule has 2 aromatic rings. The molecular formula is C14H17N5O3. The van der Waals surface area contributed by atoms with Gasteiger partial charge in [0.1, 0.15) is 11.5 Å². The lowest BCUT2D eigenvalue weighted by atomic mass is 10.2. The van der Waals surface area contributed by atoms with Crippen molar-refractivity contribution >= 4 is 5.91 Å². The highest BCUT2D eigenvalue weighted by Crippen LogP contribution is 2.25. The van der Waals surface area contributed by atoms with Gasteiger partial charge in [0.15, 0.2) is 5.82 Å². The van der Waals surface area contributed by atoms with E-state index in [2.05, 4.69) is 22.1 Å². The molecule has 0 aliphatic carbocycles. The minimum atomic E-state index is -0.210. The fraction of sp³-hybridized carbons (Fsp3) is 0.286. The molecule has 0 spiro atoms.